The van der Waals surface area contributed by atoms with Gasteiger partial charge in [0.25, 0.3) is 0 Å². The van der Waals surface area contributed by atoms with E-state index < -0.39 is 0 Å². The summed E-state index contributed by atoms with van der Waals surface area (Å²) in [7, 11) is 0. The van der Waals surface area contributed by atoms with E-state index in [4.69, 9.17) is 0 Å². The molecular weight excluding hydrogens is 254 g/mol. The molecule has 0 aliphatic heterocycles. The van der Waals surface area contributed by atoms with Crippen molar-refractivity contribution < 1.29 is 4.79 Å². The Hall–Kier alpha value is -1.22. The molecule has 76 valence electrons. The number of hydrogen-bond donors (Lipinski definition) is 0. The van der Waals surface area contributed by atoms with Gasteiger partial charge < -0.3 is 0 Å². The Labute approximate surface area is 96.5 Å². The molecule has 1 heterocycles. The molecule has 2 aromatic rings. The normalized spacial score (nSPS) is 10.5. The van der Waals surface area contributed by atoms with Gasteiger partial charge in [0, 0.05) is 15.4 Å². The van der Waals surface area contributed by atoms with Crippen molar-refractivity contribution in [3.05, 3.63) is 40.0 Å². The number of rotatable bonds is 2. The van der Waals surface area contributed by atoms with Crippen molar-refractivity contribution in [2.24, 2.45) is 0 Å². The third-order valence-corrected chi connectivity index (χ3v) is 2.85. The molecule has 0 fully saturated rings. The Kier molecular flexibility index (Phi) is 2.82. The summed E-state index contributed by atoms with van der Waals surface area (Å²) in [6, 6.07) is 7.76. The number of pyridine rings is 1. The van der Waals surface area contributed by atoms with Crippen LogP contribution in [0, 0.1) is 0 Å². The van der Waals surface area contributed by atoms with Gasteiger partial charge in [0.1, 0.15) is 0 Å². The number of nitrogens with zero attached hydrogens (tertiary/aromatic N) is 1. The molecule has 0 saturated carbocycles. The molecule has 1 aromatic carbocycles. The zero-order valence-electron chi connectivity index (χ0n) is 8.33. The fraction of sp³-hybridized carbons (Fsp3) is 0.167. The average Bonchev–Trinajstić information content (AvgIpc) is 2.27. The molecule has 0 bridgehead atoms. The maximum atomic E-state index is 10.8. The summed E-state index contributed by atoms with van der Waals surface area (Å²) in [4.78, 5) is 15.3. The smallest absolute Gasteiger partial charge is 0.151 e. The van der Waals surface area contributed by atoms with Gasteiger partial charge in [-0.05, 0) is 24.6 Å². The quantitative estimate of drug-likeness (QED) is 0.778. The zero-order valence-corrected chi connectivity index (χ0v) is 9.91. The monoisotopic (exact) mass is 263 g/mol. The van der Waals surface area contributed by atoms with Crippen LogP contribution in [0.4, 0.5) is 0 Å². The van der Waals surface area contributed by atoms with Gasteiger partial charge in [-0.2, -0.15) is 0 Å². The van der Waals surface area contributed by atoms with Gasteiger partial charge in [0.2, 0.25) is 0 Å². The Morgan fingerprint density at radius 2 is 2.20 bits per heavy atom. The molecule has 0 radical (unpaired) electrons. The van der Waals surface area contributed by atoms with Gasteiger partial charge in [0.15, 0.2) is 6.29 Å². The van der Waals surface area contributed by atoms with E-state index in [0.717, 1.165) is 33.8 Å². The highest BCUT2D eigenvalue weighted by atomic mass is 79.9. The van der Waals surface area contributed by atoms with Crippen molar-refractivity contribution >= 4 is 33.1 Å². The van der Waals surface area contributed by atoms with Crippen LogP contribution in [0.2, 0.25) is 0 Å². The number of fused-ring (bicyclic) bond motifs is 1. The number of carbonyl (C=O) groups excluding carboxylic acids is 1. The fourth-order valence-corrected chi connectivity index (χ4v) is 1.93. The lowest BCUT2D eigenvalue weighted by molar-refractivity contribution is 0.112. The summed E-state index contributed by atoms with van der Waals surface area (Å²) in [5, 5.41) is 0.998. The second-order valence-corrected chi connectivity index (χ2v) is 4.25. The minimum Gasteiger partial charge on any atom is -0.298 e. The third-order valence-electron chi connectivity index (χ3n) is 2.35. The Morgan fingerprint density at radius 1 is 1.40 bits per heavy atom. The van der Waals surface area contributed by atoms with Crippen LogP contribution in [-0.2, 0) is 6.42 Å². The van der Waals surface area contributed by atoms with Crippen LogP contribution >= 0.6 is 15.9 Å². The van der Waals surface area contributed by atoms with E-state index >= 15 is 0 Å². The first-order valence-corrected chi connectivity index (χ1v) is 5.58. The number of halogens is 1. The zero-order chi connectivity index (χ0) is 10.8. The first-order valence-electron chi connectivity index (χ1n) is 4.79. The highest BCUT2D eigenvalue weighted by molar-refractivity contribution is 9.10. The lowest BCUT2D eigenvalue weighted by atomic mass is 10.1. The Balaban J connectivity index is 2.75. The van der Waals surface area contributed by atoms with E-state index in [9.17, 15) is 4.79 Å². The van der Waals surface area contributed by atoms with E-state index in [-0.39, 0.29) is 0 Å². The Morgan fingerprint density at radius 3 is 2.87 bits per heavy atom. The van der Waals surface area contributed by atoms with E-state index in [0.29, 0.717) is 5.56 Å². The highest BCUT2D eigenvalue weighted by Gasteiger charge is 2.04. The number of aromatic nitrogens is 1. The van der Waals surface area contributed by atoms with Crippen LogP contribution in [0.1, 0.15) is 23.0 Å². The summed E-state index contributed by atoms with van der Waals surface area (Å²) >= 11 is 3.40. The molecular formula is C12H10BrNO. The van der Waals surface area contributed by atoms with Gasteiger partial charge in [-0.3, -0.25) is 9.78 Å². The summed E-state index contributed by atoms with van der Waals surface area (Å²) in [6.45, 7) is 2.00. The highest BCUT2D eigenvalue weighted by Crippen LogP contribution is 2.20. The van der Waals surface area contributed by atoms with E-state index in [2.05, 4.69) is 20.9 Å². The number of carbonyl (C=O) groups is 1. The summed E-state index contributed by atoms with van der Waals surface area (Å²) < 4.78 is 1.00. The summed E-state index contributed by atoms with van der Waals surface area (Å²) in [5.41, 5.74) is 2.47. The molecule has 3 heteroatoms. The number of benzene rings is 1. The molecule has 15 heavy (non-hydrogen) atoms. The maximum absolute atomic E-state index is 10.8. The van der Waals surface area contributed by atoms with Crippen molar-refractivity contribution in [2.75, 3.05) is 0 Å². The third kappa shape index (κ3) is 1.92. The standard InChI is InChI=1S/C12H10BrNO/c1-2-11-9(7-15)5-8-3-4-10(13)6-12(8)14-11/h3-7H,2H2,1H3. The molecule has 0 amide bonds. The van der Waals surface area contributed by atoms with Gasteiger partial charge in [-0.25, -0.2) is 0 Å². The van der Waals surface area contributed by atoms with Crippen LogP contribution in [0.3, 0.4) is 0 Å². The lowest BCUT2D eigenvalue weighted by Crippen LogP contribution is -1.95. The van der Waals surface area contributed by atoms with Crippen LogP contribution in [0.15, 0.2) is 28.7 Å². The molecule has 0 atom stereocenters. The Bertz CT molecular complexity index is 522. The van der Waals surface area contributed by atoms with Crippen LogP contribution < -0.4 is 0 Å². The molecule has 0 spiro atoms. The number of aryl methyl sites for hydroxylation is 1. The molecule has 0 saturated heterocycles. The SMILES string of the molecule is CCc1nc2cc(Br)ccc2cc1C=O. The largest absolute Gasteiger partial charge is 0.298 e. The predicted octanol–water partition coefficient (Wildman–Crippen LogP) is 3.37. The molecule has 0 aliphatic rings. The molecule has 2 rings (SSSR count). The van der Waals surface area contributed by atoms with Gasteiger partial charge >= 0.3 is 0 Å². The average molecular weight is 264 g/mol. The lowest BCUT2D eigenvalue weighted by Gasteiger charge is -2.04. The predicted molar refractivity (Wildman–Crippen MR) is 64.2 cm³/mol. The summed E-state index contributed by atoms with van der Waals surface area (Å²) in [6.07, 6.45) is 1.64. The van der Waals surface area contributed by atoms with E-state index in [1.165, 1.54) is 0 Å². The molecule has 0 N–H and O–H groups in total. The van der Waals surface area contributed by atoms with Crippen LogP contribution in [0.25, 0.3) is 10.9 Å². The minimum absolute atomic E-state index is 0.687. The number of hydrogen-bond acceptors (Lipinski definition) is 2. The second kappa shape index (κ2) is 4.11. The second-order valence-electron chi connectivity index (χ2n) is 3.33. The first-order chi connectivity index (χ1) is 7.24. The molecule has 0 aliphatic carbocycles. The topological polar surface area (TPSA) is 30.0 Å². The number of aldehydes is 1. The van der Waals surface area contributed by atoms with E-state index in [1.807, 2.05) is 31.2 Å². The molecule has 0 unspecified atom stereocenters. The molecule has 1 aromatic heterocycles. The van der Waals surface area contributed by atoms with Gasteiger partial charge in [0.05, 0.1) is 11.2 Å². The minimum atomic E-state index is 0.687. The van der Waals surface area contributed by atoms with Gasteiger partial charge in [-0.1, -0.05) is 28.9 Å². The van der Waals surface area contributed by atoms with Crippen molar-refractivity contribution in [3.63, 3.8) is 0 Å². The fourth-order valence-electron chi connectivity index (χ4n) is 1.58. The van der Waals surface area contributed by atoms with Crippen molar-refractivity contribution in [1.82, 2.24) is 4.98 Å². The maximum Gasteiger partial charge on any atom is 0.151 e. The van der Waals surface area contributed by atoms with Crippen molar-refractivity contribution in [3.8, 4) is 0 Å². The van der Waals surface area contributed by atoms with E-state index in [1.54, 1.807) is 0 Å². The van der Waals surface area contributed by atoms with Crippen molar-refractivity contribution in [2.45, 2.75) is 13.3 Å². The molecule has 2 nitrogen and oxygen atoms in total. The van der Waals surface area contributed by atoms with Gasteiger partial charge in [-0.15, -0.1) is 0 Å². The first kappa shape index (κ1) is 10.3. The summed E-state index contributed by atoms with van der Waals surface area (Å²) in [5.74, 6) is 0. The van der Waals surface area contributed by atoms with Crippen LogP contribution in [-0.4, -0.2) is 11.3 Å². The van der Waals surface area contributed by atoms with Crippen LogP contribution in [0.5, 0.6) is 0 Å². The van der Waals surface area contributed by atoms with Crippen molar-refractivity contribution in [1.29, 1.82) is 0 Å².